The van der Waals surface area contributed by atoms with Crippen LogP contribution in [0.25, 0.3) is 0 Å². The minimum absolute atomic E-state index is 0.142. The molecule has 1 saturated heterocycles. The van der Waals surface area contributed by atoms with Crippen LogP contribution in [0.4, 0.5) is 10.1 Å². The number of nitrogens with two attached hydrogens (primary N) is 1. The van der Waals surface area contributed by atoms with Gasteiger partial charge >= 0.3 is 0 Å². The van der Waals surface area contributed by atoms with Gasteiger partial charge in [0.15, 0.2) is 0 Å². The number of benzene rings is 2. The average molecular weight is 475 g/mol. The number of anilines is 1. The summed E-state index contributed by atoms with van der Waals surface area (Å²) in [6.07, 6.45) is 0. The van der Waals surface area contributed by atoms with Gasteiger partial charge < -0.3 is 14.5 Å². The van der Waals surface area contributed by atoms with Crippen molar-refractivity contribution < 1.29 is 22.3 Å². The molecule has 2 N–H and O–H groups in total. The van der Waals surface area contributed by atoms with Crippen molar-refractivity contribution in [1.82, 2.24) is 4.90 Å². The lowest BCUT2D eigenvalue weighted by molar-refractivity contribution is 0.0729. The predicted octanol–water partition coefficient (Wildman–Crippen LogP) is 2.48. The number of piperazine rings is 1. The fraction of sp³-hybridized carbons (Fsp3) is 0.391. The van der Waals surface area contributed by atoms with Crippen LogP contribution in [-0.4, -0.2) is 52.0 Å². The third-order valence-corrected chi connectivity index (χ3v) is 6.24. The lowest BCUT2D eigenvalue weighted by Crippen LogP contribution is -2.49. The van der Waals surface area contributed by atoms with Crippen molar-refractivity contribution in [2.24, 2.45) is 11.1 Å². The van der Waals surface area contributed by atoms with Gasteiger partial charge in [0.2, 0.25) is 10.0 Å². The first-order chi connectivity index (χ1) is 15.6. The zero-order valence-corrected chi connectivity index (χ0v) is 19.4. The topological polar surface area (TPSA) is 117 Å². The van der Waals surface area contributed by atoms with Crippen LogP contribution in [0.5, 0.6) is 0 Å². The monoisotopic (exact) mass is 474 g/mol. The molecule has 3 rings (SSSR count). The zero-order chi connectivity index (χ0) is 24.2. The number of ether oxygens (including phenoxy) is 1. The maximum absolute atomic E-state index is 14.4. The van der Waals surface area contributed by atoms with Crippen molar-refractivity contribution in [3.05, 3.63) is 58.9 Å². The number of primary sulfonamides is 1. The van der Waals surface area contributed by atoms with Crippen LogP contribution < -0.4 is 10.0 Å². The molecule has 0 unspecified atom stereocenters. The summed E-state index contributed by atoms with van der Waals surface area (Å²) < 4.78 is 43.7. The summed E-state index contributed by atoms with van der Waals surface area (Å²) in [7, 11) is -3.98. The number of amides is 1. The predicted molar refractivity (Wildman–Crippen MR) is 122 cm³/mol. The summed E-state index contributed by atoms with van der Waals surface area (Å²) in [4.78, 5) is 16.6. The number of rotatable bonds is 7. The summed E-state index contributed by atoms with van der Waals surface area (Å²) in [5.41, 5.74) is 1.42. The van der Waals surface area contributed by atoms with Crippen LogP contribution in [0.1, 0.15) is 35.3 Å². The first-order valence-electron chi connectivity index (χ1n) is 10.6. The third kappa shape index (κ3) is 6.07. The molecule has 0 bridgehead atoms. The molecule has 2 aromatic rings. The molecule has 0 spiro atoms. The van der Waals surface area contributed by atoms with Crippen molar-refractivity contribution in [3.63, 3.8) is 0 Å². The van der Waals surface area contributed by atoms with E-state index in [1.165, 1.54) is 18.2 Å². The van der Waals surface area contributed by atoms with Crippen LogP contribution in [0.3, 0.4) is 0 Å². The minimum atomic E-state index is -3.98. The number of carbonyl (C=O) groups is 1. The molecule has 33 heavy (non-hydrogen) atoms. The van der Waals surface area contributed by atoms with Gasteiger partial charge in [-0.05, 0) is 41.8 Å². The normalized spacial score (nSPS) is 14.4. The van der Waals surface area contributed by atoms with Gasteiger partial charge in [0.05, 0.1) is 28.8 Å². The SMILES string of the molecule is CC(C)COCc1ccc(S(N)(=O)=O)cc1C(=O)N1CCN(c2ccc(C#N)cc2F)CC1. The van der Waals surface area contributed by atoms with Crippen LogP contribution in [-0.2, 0) is 21.4 Å². The van der Waals surface area contributed by atoms with E-state index in [-0.39, 0.29) is 28.5 Å². The molecular formula is C23H27FN4O4S. The van der Waals surface area contributed by atoms with E-state index in [2.05, 4.69) is 0 Å². The Morgan fingerprint density at radius 1 is 1.18 bits per heavy atom. The van der Waals surface area contributed by atoms with Crippen molar-refractivity contribution in [2.45, 2.75) is 25.3 Å². The number of hydrogen-bond acceptors (Lipinski definition) is 6. The quantitative estimate of drug-likeness (QED) is 0.659. The maximum Gasteiger partial charge on any atom is 0.254 e. The molecule has 10 heteroatoms. The summed E-state index contributed by atoms with van der Waals surface area (Å²) >= 11 is 0. The van der Waals surface area contributed by atoms with Gasteiger partial charge in [-0.25, -0.2) is 17.9 Å². The van der Waals surface area contributed by atoms with Crippen molar-refractivity contribution in [3.8, 4) is 6.07 Å². The largest absolute Gasteiger partial charge is 0.376 e. The average Bonchev–Trinajstić information content (AvgIpc) is 2.78. The molecule has 0 saturated carbocycles. The Morgan fingerprint density at radius 2 is 1.88 bits per heavy atom. The number of nitriles is 1. The second kappa shape index (κ2) is 10.3. The molecule has 0 aromatic heterocycles. The van der Waals surface area contributed by atoms with Crippen LogP contribution in [0.2, 0.25) is 0 Å². The fourth-order valence-corrected chi connectivity index (χ4v) is 4.16. The van der Waals surface area contributed by atoms with Gasteiger partial charge in [0.25, 0.3) is 5.91 Å². The van der Waals surface area contributed by atoms with Crippen molar-refractivity contribution in [1.29, 1.82) is 5.26 Å². The van der Waals surface area contributed by atoms with Gasteiger partial charge in [-0.2, -0.15) is 5.26 Å². The van der Waals surface area contributed by atoms with E-state index in [4.69, 9.17) is 15.1 Å². The lowest BCUT2D eigenvalue weighted by Gasteiger charge is -2.36. The first-order valence-corrected chi connectivity index (χ1v) is 12.1. The van der Waals surface area contributed by atoms with Gasteiger partial charge in [-0.3, -0.25) is 4.79 Å². The molecule has 2 aromatic carbocycles. The number of hydrogen-bond donors (Lipinski definition) is 1. The Morgan fingerprint density at radius 3 is 2.45 bits per heavy atom. The van der Waals surface area contributed by atoms with Crippen molar-refractivity contribution >= 4 is 21.6 Å². The van der Waals surface area contributed by atoms with E-state index >= 15 is 0 Å². The zero-order valence-electron chi connectivity index (χ0n) is 18.6. The molecule has 0 radical (unpaired) electrons. The number of nitrogens with zero attached hydrogens (tertiary/aromatic N) is 3. The van der Waals surface area contributed by atoms with Crippen LogP contribution >= 0.6 is 0 Å². The number of sulfonamides is 1. The molecule has 1 aliphatic heterocycles. The van der Waals surface area contributed by atoms with Gasteiger partial charge in [0.1, 0.15) is 5.82 Å². The smallest absolute Gasteiger partial charge is 0.254 e. The first kappa shape index (κ1) is 24.6. The molecular weight excluding hydrogens is 447 g/mol. The summed E-state index contributed by atoms with van der Waals surface area (Å²) in [5, 5.41) is 14.2. The molecule has 1 aliphatic rings. The van der Waals surface area contributed by atoms with Gasteiger partial charge in [0, 0.05) is 38.3 Å². The summed E-state index contributed by atoms with van der Waals surface area (Å²) in [5.74, 6) is -0.508. The molecule has 0 atom stereocenters. The fourth-order valence-electron chi connectivity index (χ4n) is 3.62. The number of halogens is 1. The highest BCUT2D eigenvalue weighted by Crippen LogP contribution is 2.24. The van der Waals surface area contributed by atoms with E-state index in [9.17, 15) is 17.6 Å². The van der Waals surface area contributed by atoms with Gasteiger partial charge in [-0.1, -0.05) is 19.9 Å². The molecule has 1 heterocycles. The van der Waals surface area contributed by atoms with E-state index in [0.29, 0.717) is 50.0 Å². The standard InChI is InChI=1S/C23H27FN4O4S/c1-16(2)14-32-15-18-4-5-19(33(26,30)31)12-20(18)23(29)28-9-7-27(8-10-28)22-6-3-17(13-25)11-21(22)24/h3-6,11-12,16H,7-10,14-15H2,1-2H3,(H2,26,30,31). The summed E-state index contributed by atoms with van der Waals surface area (Å²) in [6.45, 7) is 6.11. The highest BCUT2D eigenvalue weighted by molar-refractivity contribution is 7.89. The third-order valence-electron chi connectivity index (χ3n) is 5.33. The Hall–Kier alpha value is -3.00. The van der Waals surface area contributed by atoms with Crippen LogP contribution in [0.15, 0.2) is 41.3 Å². The minimum Gasteiger partial charge on any atom is -0.376 e. The Bertz CT molecular complexity index is 1170. The van der Waals surface area contributed by atoms with E-state index in [0.717, 1.165) is 0 Å². The maximum atomic E-state index is 14.4. The van der Waals surface area contributed by atoms with Gasteiger partial charge in [-0.15, -0.1) is 0 Å². The molecule has 1 amide bonds. The molecule has 8 nitrogen and oxygen atoms in total. The van der Waals surface area contributed by atoms with Crippen LogP contribution in [0, 0.1) is 23.1 Å². The Balaban J connectivity index is 1.78. The molecule has 176 valence electrons. The van der Waals surface area contributed by atoms with E-state index in [1.54, 1.807) is 23.1 Å². The second-order valence-corrected chi connectivity index (χ2v) is 9.89. The summed E-state index contributed by atoms with van der Waals surface area (Å²) in [6, 6.07) is 10.4. The van der Waals surface area contributed by atoms with E-state index in [1.807, 2.05) is 24.8 Å². The van der Waals surface area contributed by atoms with Crippen molar-refractivity contribution in [2.75, 3.05) is 37.7 Å². The highest BCUT2D eigenvalue weighted by atomic mass is 32.2. The Labute approximate surface area is 193 Å². The molecule has 1 fully saturated rings. The highest BCUT2D eigenvalue weighted by Gasteiger charge is 2.26. The lowest BCUT2D eigenvalue weighted by atomic mass is 10.1. The second-order valence-electron chi connectivity index (χ2n) is 8.33. The Kier molecular flexibility index (Phi) is 7.68. The number of carbonyl (C=O) groups excluding carboxylic acids is 1. The van der Waals surface area contributed by atoms with E-state index < -0.39 is 15.8 Å². The molecule has 0 aliphatic carbocycles.